The van der Waals surface area contributed by atoms with Gasteiger partial charge in [0.05, 0.1) is 6.10 Å². The van der Waals surface area contributed by atoms with Crippen molar-refractivity contribution in [2.24, 2.45) is 5.92 Å². The van der Waals surface area contributed by atoms with Gasteiger partial charge in [-0.2, -0.15) is 0 Å². The van der Waals surface area contributed by atoms with Crippen LogP contribution in [0.2, 0.25) is 0 Å². The molecular weight excluding hydrogens is 223 g/mol. The molecule has 2 unspecified atom stereocenters. The molecule has 2 atom stereocenters. The van der Waals surface area contributed by atoms with Gasteiger partial charge in [-0.25, -0.2) is 4.39 Å². The van der Waals surface area contributed by atoms with Crippen molar-refractivity contribution in [1.82, 2.24) is 0 Å². The van der Waals surface area contributed by atoms with Crippen LogP contribution >= 0.6 is 11.8 Å². The van der Waals surface area contributed by atoms with Gasteiger partial charge < -0.3 is 5.11 Å². The van der Waals surface area contributed by atoms with Crippen LogP contribution in [0.3, 0.4) is 0 Å². The van der Waals surface area contributed by atoms with Crippen LogP contribution in [0, 0.1) is 11.7 Å². The van der Waals surface area contributed by atoms with E-state index in [9.17, 15) is 9.50 Å². The van der Waals surface area contributed by atoms with Gasteiger partial charge in [0.25, 0.3) is 0 Å². The Morgan fingerprint density at radius 1 is 1.38 bits per heavy atom. The van der Waals surface area contributed by atoms with E-state index in [0.29, 0.717) is 16.4 Å². The predicted molar refractivity (Wildman–Crippen MR) is 67.2 cm³/mol. The first-order valence-electron chi connectivity index (χ1n) is 5.64. The average Bonchev–Trinajstić information content (AvgIpc) is 2.26. The molecule has 0 aliphatic carbocycles. The van der Waals surface area contributed by atoms with Crippen molar-refractivity contribution in [3.05, 3.63) is 29.6 Å². The standard InChI is InChI=1S/C13H19FOS/c1-4-9(2)8-16-13-6-5-11(10(3)15)7-12(13)14/h5-7,9-10,15H,4,8H2,1-3H3. The summed E-state index contributed by atoms with van der Waals surface area (Å²) in [6.45, 7) is 5.94. The predicted octanol–water partition coefficient (Wildman–Crippen LogP) is 4.02. The van der Waals surface area contributed by atoms with Crippen molar-refractivity contribution >= 4 is 11.8 Å². The molecular formula is C13H19FOS. The van der Waals surface area contributed by atoms with Gasteiger partial charge in [0.15, 0.2) is 0 Å². The smallest absolute Gasteiger partial charge is 0.137 e. The summed E-state index contributed by atoms with van der Waals surface area (Å²) in [5.74, 6) is 1.30. The largest absolute Gasteiger partial charge is 0.389 e. The summed E-state index contributed by atoms with van der Waals surface area (Å²) in [5.41, 5.74) is 0.630. The highest BCUT2D eigenvalue weighted by Gasteiger charge is 2.08. The number of halogens is 1. The SMILES string of the molecule is CCC(C)CSc1ccc(C(C)O)cc1F. The van der Waals surface area contributed by atoms with Crippen molar-refractivity contribution in [2.45, 2.75) is 38.2 Å². The number of hydrogen-bond acceptors (Lipinski definition) is 2. The zero-order chi connectivity index (χ0) is 12.1. The molecule has 0 saturated heterocycles. The van der Waals surface area contributed by atoms with E-state index in [1.807, 2.05) is 0 Å². The van der Waals surface area contributed by atoms with Gasteiger partial charge in [0, 0.05) is 10.6 Å². The second-order valence-corrected chi connectivity index (χ2v) is 5.25. The van der Waals surface area contributed by atoms with E-state index >= 15 is 0 Å². The van der Waals surface area contributed by atoms with Crippen molar-refractivity contribution in [2.75, 3.05) is 5.75 Å². The number of rotatable bonds is 5. The maximum Gasteiger partial charge on any atom is 0.137 e. The van der Waals surface area contributed by atoms with Crippen LogP contribution < -0.4 is 0 Å². The number of aliphatic hydroxyl groups excluding tert-OH is 1. The highest BCUT2D eigenvalue weighted by Crippen LogP contribution is 2.26. The molecule has 0 aliphatic rings. The molecule has 0 radical (unpaired) electrons. The molecule has 0 bridgehead atoms. The van der Waals surface area contributed by atoms with Gasteiger partial charge >= 0.3 is 0 Å². The first-order valence-corrected chi connectivity index (χ1v) is 6.63. The minimum Gasteiger partial charge on any atom is -0.389 e. The lowest BCUT2D eigenvalue weighted by atomic mass is 10.1. The monoisotopic (exact) mass is 242 g/mol. The minimum atomic E-state index is -0.608. The first kappa shape index (κ1) is 13.5. The molecule has 1 aromatic carbocycles. The Morgan fingerprint density at radius 2 is 2.06 bits per heavy atom. The third-order valence-electron chi connectivity index (χ3n) is 2.66. The number of thioether (sulfide) groups is 1. The van der Waals surface area contributed by atoms with E-state index in [2.05, 4.69) is 13.8 Å². The third-order valence-corrected chi connectivity index (χ3v) is 4.04. The summed E-state index contributed by atoms with van der Waals surface area (Å²) in [4.78, 5) is 0.671. The van der Waals surface area contributed by atoms with E-state index in [-0.39, 0.29) is 5.82 Å². The summed E-state index contributed by atoms with van der Waals surface area (Å²) >= 11 is 1.54. The fourth-order valence-corrected chi connectivity index (χ4v) is 2.30. The summed E-state index contributed by atoms with van der Waals surface area (Å²) in [6, 6.07) is 4.96. The molecule has 0 fully saturated rings. The fourth-order valence-electron chi connectivity index (χ4n) is 1.24. The molecule has 1 aromatic rings. The molecule has 3 heteroatoms. The Kier molecular flexibility index (Phi) is 5.29. The van der Waals surface area contributed by atoms with Gasteiger partial charge in [-0.15, -0.1) is 11.8 Å². The Hall–Kier alpha value is -0.540. The van der Waals surface area contributed by atoms with Crippen molar-refractivity contribution in [3.8, 4) is 0 Å². The van der Waals surface area contributed by atoms with E-state index in [1.54, 1.807) is 30.8 Å². The zero-order valence-corrected chi connectivity index (χ0v) is 10.9. The van der Waals surface area contributed by atoms with E-state index < -0.39 is 6.10 Å². The van der Waals surface area contributed by atoms with Crippen molar-refractivity contribution in [1.29, 1.82) is 0 Å². The highest BCUT2D eigenvalue weighted by molar-refractivity contribution is 7.99. The topological polar surface area (TPSA) is 20.2 Å². The van der Waals surface area contributed by atoms with Gasteiger partial charge in [-0.3, -0.25) is 0 Å². The lowest BCUT2D eigenvalue weighted by Crippen LogP contribution is -1.97. The van der Waals surface area contributed by atoms with Crippen LogP contribution in [0.15, 0.2) is 23.1 Å². The minimum absolute atomic E-state index is 0.230. The van der Waals surface area contributed by atoms with Crippen LogP contribution in [0.1, 0.15) is 38.9 Å². The van der Waals surface area contributed by atoms with Gasteiger partial charge in [0.1, 0.15) is 5.82 Å². The lowest BCUT2D eigenvalue weighted by molar-refractivity contribution is 0.198. The van der Waals surface area contributed by atoms with Gasteiger partial charge in [0.2, 0.25) is 0 Å². The molecule has 0 heterocycles. The molecule has 1 rings (SSSR count). The summed E-state index contributed by atoms with van der Waals surface area (Å²) in [7, 11) is 0. The summed E-state index contributed by atoms with van der Waals surface area (Å²) in [6.07, 6.45) is 0.503. The second kappa shape index (κ2) is 6.26. The maximum atomic E-state index is 13.6. The molecule has 1 nitrogen and oxygen atoms in total. The van der Waals surface area contributed by atoms with Crippen LogP contribution in [0.4, 0.5) is 4.39 Å². The number of hydrogen-bond donors (Lipinski definition) is 1. The lowest BCUT2D eigenvalue weighted by Gasteiger charge is -2.10. The maximum absolute atomic E-state index is 13.6. The van der Waals surface area contributed by atoms with Crippen LogP contribution in [-0.2, 0) is 0 Å². The quantitative estimate of drug-likeness (QED) is 0.787. The molecule has 16 heavy (non-hydrogen) atoms. The Balaban J connectivity index is 2.68. The molecule has 0 amide bonds. The molecule has 0 spiro atoms. The van der Waals surface area contributed by atoms with E-state index in [0.717, 1.165) is 12.2 Å². The molecule has 90 valence electrons. The zero-order valence-electron chi connectivity index (χ0n) is 10.0. The number of aliphatic hydroxyl groups is 1. The van der Waals surface area contributed by atoms with Crippen LogP contribution in [0.25, 0.3) is 0 Å². The molecule has 0 aliphatic heterocycles. The van der Waals surface area contributed by atoms with E-state index in [1.165, 1.54) is 6.07 Å². The van der Waals surface area contributed by atoms with E-state index in [4.69, 9.17) is 0 Å². The molecule has 1 N–H and O–H groups in total. The highest BCUT2D eigenvalue weighted by atomic mass is 32.2. The Labute approximate surface area is 101 Å². The van der Waals surface area contributed by atoms with Crippen molar-refractivity contribution < 1.29 is 9.50 Å². The van der Waals surface area contributed by atoms with Gasteiger partial charge in [-0.05, 0) is 30.5 Å². The Bertz CT molecular complexity index is 339. The first-order chi connectivity index (χ1) is 7.54. The third kappa shape index (κ3) is 3.80. The second-order valence-electron chi connectivity index (χ2n) is 4.19. The summed E-state index contributed by atoms with van der Waals surface area (Å²) in [5, 5.41) is 9.32. The Morgan fingerprint density at radius 3 is 2.56 bits per heavy atom. The molecule has 0 aromatic heterocycles. The fraction of sp³-hybridized carbons (Fsp3) is 0.538. The summed E-state index contributed by atoms with van der Waals surface area (Å²) < 4.78 is 13.6. The molecule has 0 saturated carbocycles. The normalized spacial score (nSPS) is 14.8. The average molecular weight is 242 g/mol. The van der Waals surface area contributed by atoms with Crippen LogP contribution in [0.5, 0.6) is 0 Å². The van der Waals surface area contributed by atoms with Gasteiger partial charge in [-0.1, -0.05) is 26.3 Å². The number of benzene rings is 1. The van der Waals surface area contributed by atoms with Crippen LogP contribution in [-0.4, -0.2) is 10.9 Å². The van der Waals surface area contributed by atoms with Crippen molar-refractivity contribution in [3.63, 3.8) is 0 Å².